The Balaban J connectivity index is 2.33. The fourth-order valence-corrected chi connectivity index (χ4v) is 2.46. The second kappa shape index (κ2) is 7.98. The van der Waals surface area contributed by atoms with Gasteiger partial charge in [0.1, 0.15) is 13.2 Å². The summed E-state index contributed by atoms with van der Waals surface area (Å²) in [6, 6.07) is 1.31. The zero-order valence-corrected chi connectivity index (χ0v) is 13.0. The van der Waals surface area contributed by atoms with E-state index in [0.717, 1.165) is 9.35 Å². The first kappa shape index (κ1) is 16.6. The first-order valence-corrected chi connectivity index (χ1v) is 7.13. The van der Waals surface area contributed by atoms with Crippen LogP contribution >= 0.6 is 27.3 Å². The van der Waals surface area contributed by atoms with E-state index in [2.05, 4.69) is 26.0 Å². The van der Waals surface area contributed by atoms with Crippen LogP contribution in [0.5, 0.6) is 0 Å². The number of amides is 3. The molecule has 0 unspecified atom stereocenters. The highest BCUT2D eigenvalue weighted by Crippen LogP contribution is 2.21. The molecule has 7 nitrogen and oxygen atoms in total. The smallest absolute Gasteiger partial charge is 0.329 e. The van der Waals surface area contributed by atoms with E-state index in [1.54, 1.807) is 7.05 Å². The van der Waals surface area contributed by atoms with Crippen LogP contribution < -0.4 is 5.32 Å². The summed E-state index contributed by atoms with van der Waals surface area (Å²) in [6.07, 6.45) is 0. The number of hydrogen-bond acceptors (Lipinski definition) is 5. The van der Waals surface area contributed by atoms with Crippen molar-refractivity contribution >= 4 is 45.2 Å². The second-order valence-corrected chi connectivity index (χ2v) is 6.15. The molecule has 0 saturated carbocycles. The SMILES string of the molecule is CN(Cc1csc(Br)c1)C(=O)NC(=O)COCC(=O)O. The fourth-order valence-electron chi connectivity index (χ4n) is 1.26. The van der Waals surface area contributed by atoms with Gasteiger partial charge in [-0.05, 0) is 32.9 Å². The highest BCUT2D eigenvalue weighted by atomic mass is 79.9. The van der Waals surface area contributed by atoms with Gasteiger partial charge in [0.2, 0.25) is 0 Å². The summed E-state index contributed by atoms with van der Waals surface area (Å²) < 4.78 is 5.53. The van der Waals surface area contributed by atoms with Gasteiger partial charge >= 0.3 is 12.0 Å². The molecule has 0 radical (unpaired) electrons. The molecule has 0 bridgehead atoms. The van der Waals surface area contributed by atoms with Crippen molar-refractivity contribution in [2.75, 3.05) is 20.3 Å². The Morgan fingerprint density at radius 2 is 2.15 bits per heavy atom. The van der Waals surface area contributed by atoms with Gasteiger partial charge in [0.05, 0.1) is 3.79 Å². The van der Waals surface area contributed by atoms with Crippen molar-refractivity contribution in [1.29, 1.82) is 0 Å². The molecule has 0 fully saturated rings. The summed E-state index contributed by atoms with van der Waals surface area (Å²) in [5.74, 6) is -1.86. The largest absolute Gasteiger partial charge is 0.480 e. The number of ether oxygens (including phenoxy) is 1. The highest BCUT2D eigenvalue weighted by molar-refractivity contribution is 9.11. The predicted octanol–water partition coefficient (Wildman–Crippen LogP) is 1.28. The third-order valence-electron chi connectivity index (χ3n) is 2.09. The number of carbonyl (C=O) groups is 3. The van der Waals surface area contributed by atoms with E-state index in [9.17, 15) is 14.4 Å². The zero-order valence-electron chi connectivity index (χ0n) is 10.6. The quantitative estimate of drug-likeness (QED) is 0.792. The normalized spacial score (nSPS) is 10.1. The van der Waals surface area contributed by atoms with Crippen LogP contribution in [-0.2, 0) is 20.9 Å². The number of rotatable bonds is 6. The van der Waals surface area contributed by atoms with Crippen LogP contribution in [0.15, 0.2) is 15.2 Å². The van der Waals surface area contributed by atoms with Gasteiger partial charge in [-0.25, -0.2) is 9.59 Å². The molecule has 0 spiro atoms. The molecule has 3 amide bonds. The van der Waals surface area contributed by atoms with E-state index in [4.69, 9.17) is 5.11 Å². The van der Waals surface area contributed by atoms with Crippen molar-refractivity contribution in [3.8, 4) is 0 Å². The molecule has 0 atom stereocenters. The fraction of sp³-hybridized carbons (Fsp3) is 0.364. The monoisotopic (exact) mass is 364 g/mol. The minimum atomic E-state index is -1.18. The van der Waals surface area contributed by atoms with Crippen molar-refractivity contribution in [3.63, 3.8) is 0 Å². The van der Waals surface area contributed by atoms with E-state index in [0.29, 0.717) is 6.54 Å². The lowest BCUT2D eigenvalue weighted by atomic mass is 10.3. The number of carbonyl (C=O) groups excluding carboxylic acids is 2. The van der Waals surface area contributed by atoms with Gasteiger partial charge in [0.25, 0.3) is 5.91 Å². The van der Waals surface area contributed by atoms with Crippen LogP contribution in [0.3, 0.4) is 0 Å². The lowest BCUT2D eigenvalue weighted by Crippen LogP contribution is -2.42. The molecule has 1 rings (SSSR count). The van der Waals surface area contributed by atoms with Gasteiger partial charge < -0.3 is 14.7 Å². The maximum atomic E-state index is 11.7. The van der Waals surface area contributed by atoms with E-state index in [1.807, 2.05) is 11.4 Å². The molecular formula is C11H13BrN2O5S. The Morgan fingerprint density at radius 1 is 1.45 bits per heavy atom. The number of urea groups is 1. The molecule has 1 aromatic rings. The van der Waals surface area contributed by atoms with Crippen LogP contribution in [0.2, 0.25) is 0 Å². The van der Waals surface area contributed by atoms with Crippen molar-refractivity contribution in [1.82, 2.24) is 10.2 Å². The number of hydrogen-bond donors (Lipinski definition) is 2. The lowest BCUT2D eigenvalue weighted by Gasteiger charge is -2.16. The molecule has 0 aliphatic heterocycles. The Hall–Kier alpha value is -1.45. The van der Waals surface area contributed by atoms with Gasteiger partial charge in [-0.15, -0.1) is 11.3 Å². The summed E-state index contributed by atoms with van der Waals surface area (Å²) in [5, 5.41) is 12.3. The topological polar surface area (TPSA) is 95.9 Å². The average molecular weight is 365 g/mol. The number of nitrogens with zero attached hydrogens (tertiary/aromatic N) is 1. The van der Waals surface area contributed by atoms with Crippen molar-refractivity contribution in [3.05, 3.63) is 20.8 Å². The van der Waals surface area contributed by atoms with Gasteiger partial charge in [-0.2, -0.15) is 0 Å². The molecular weight excluding hydrogens is 352 g/mol. The summed E-state index contributed by atoms with van der Waals surface area (Å²) in [4.78, 5) is 34.5. The predicted molar refractivity (Wildman–Crippen MR) is 75.5 cm³/mol. The zero-order chi connectivity index (χ0) is 15.1. The average Bonchev–Trinajstić information content (AvgIpc) is 2.74. The number of nitrogens with one attached hydrogen (secondary N) is 1. The van der Waals surface area contributed by atoms with Crippen LogP contribution in [0, 0.1) is 0 Å². The first-order chi connectivity index (χ1) is 9.38. The number of halogens is 1. The lowest BCUT2D eigenvalue weighted by molar-refractivity contribution is -0.143. The van der Waals surface area contributed by atoms with Crippen LogP contribution in [0.25, 0.3) is 0 Å². The molecule has 1 aromatic heterocycles. The Bertz CT molecular complexity index is 505. The number of carboxylic acid groups (broad SMARTS) is 1. The molecule has 9 heteroatoms. The first-order valence-electron chi connectivity index (χ1n) is 5.46. The van der Waals surface area contributed by atoms with Crippen LogP contribution in [-0.4, -0.2) is 48.2 Å². The van der Waals surface area contributed by atoms with Crippen molar-refractivity contribution in [2.24, 2.45) is 0 Å². The summed E-state index contributed by atoms with van der Waals surface area (Å²) >= 11 is 4.82. The minimum absolute atomic E-state index is 0.358. The van der Waals surface area contributed by atoms with Gasteiger partial charge in [-0.3, -0.25) is 10.1 Å². The van der Waals surface area contributed by atoms with Crippen LogP contribution in [0.1, 0.15) is 5.56 Å². The molecule has 20 heavy (non-hydrogen) atoms. The van der Waals surface area contributed by atoms with Crippen molar-refractivity contribution in [2.45, 2.75) is 6.54 Å². The molecule has 0 aliphatic rings. The van der Waals surface area contributed by atoms with Crippen molar-refractivity contribution < 1.29 is 24.2 Å². The molecule has 110 valence electrons. The standard InChI is InChI=1S/C11H13BrN2O5S/c1-14(3-7-2-8(12)20-6-7)11(18)13-9(15)4-19-5-10(16)17/h2,6H,3-5H2,1H3,(H,16,17)(H,13,15,18). The maximum Gasteiger partial charge on any atom is 0.329 e. The number of carboxylic acids is 1. The Kier molecular flexibility index (Phi) is 6.62. The third kappa shape index (κ3) is 6.13. The Labute approximate surface area is 127 Å². The van der Waals surface area contributed by atoms with Gasteiger partial charge in [-0.1, -0.05) is 0 Å². The van der Waals surface area contributed by atoms with E-state index >= 15 is 0 Å². The molecule has 1 heterocycles. The third-order valence-corrected chi connectivity index (χ3v) is 3.65. The number of thiophene rings is 1. The molecule has 0 aliphatic carbocycles. The molecule has 2 N–H and O–H groups in total. The number of aliphatic carboxylic acids is 1. The highest BCUT2D eigenvalue weighted by Gasteiger charge is 2.14. The summed E-state index contributed by atoms with van der Waals surface area (Å²) in [7, 11) is 1.55. The number of imide groups is 1. The molecule has 0 aromatic carbocycles. The van der Waals surface area contributed by atoms with Crippen LogP contribution in [0.4, 0.5) is 4.79 Å². The van der Waals surface area contributed by atoms with E-state index in [1.165, 1.54) is 16.2 Å². The van der Waals surface area contributed by atoms with E-state index < -0.39 is 31.1 Å². The maximum absolute atomic E-state index is 11.7. The van der Waals surface area contributed by atoms with Gasteiger partial charge in [0, 0.05) is 13.6 Å². The summed E-state index contributed by atoms with van der Waals surface area (Å²) in [6.45, 7) is -0.701. The van der Waals surface area contributed by atoms with E-state index in [-0.39, 0.29) is 0 Å². The van der Waals surface area contributed by atoms with Gasteiger partial charge in [0.15, 0.2) is 0 Å². The second-order valence-electron chi connectivity index (χ2n) is 3.85. The minimum Gasteiger partial charge on any atom is -0.480 e. The molecule has 0 saturated heterocycles. The summed E-state index contributed by atoms with van der Waals surface area (Å²) in [5.41, 5.74) is 0.939. The Morgan fingerprint density at radius 3 is 2.70 bits per heavy atom.